The number of carboxylic acid groups (broad SMARTS) is 1. The highest BCUT2D eigenvalue weighted by Gasteiger charge is 2.44. The van der Waals surface area contributed by atoms with Crippen molar-refractivity contribution in [2.45, 2.75) is 39.7 Å². The summed E-state index contributed by atoms with van der Waals surface area (Å²) in [5.74, 6) is -0.199. The summed E-state index contributed by atoms with van der Waals surface area (Å²) < 4.78 is 1.61. The van der Waals surface area contributed by atoms with Gasteiger partial charge in [-0.2, -0.15) is 0 Å². The minimum absolute atomic E-state index is 0.193. The van der Waals surface area contributed by atoms with Crippen molar-refractivity contribution in [3.63, 3.8) is 0 Å². The van der Waals surface area contributed by atoms with Gasteiger partial charge < -0.3 is 15.0 Å². The smallest absolute Gasteiger partial charge is 0.311 e. The predicted molar refractivity (Wildman–Crippen MR) is 75.7 cm³/mol. The van der Waals surface area contributed by atoms with Crippen LogP contribution in [0.5, 0.6) is 0 Å². The van der Waals surface area contributed by atoms with Crippen molar-refractivity contribution < 1.29 is 9.90 Å². The third-order valence-corrected chi connectivity index (χ3v) is 3.83. The van der Waals surface area contributed by atoms with Crippen LogP contribution >= 0.6 is 0 Å². The van der Waals surface area contributed by atoms with Gasteiger partial charge in [-0.05, 0) is 18.8 Å². The number of carboxylic acids is 1. The van der Waals surface area contributed by atoms with Crippen molar-refractivity contribution in [1.29, 1.82) is 0 Å². The molecule has 1 aromatic heterocycles. The molecule has 1 aliphatic rings. The summed E-state index contributed by atoms with van der Waals surface area (Å²) in [6.07, 6.45) is 5.46. The van der Waals surface area contributed by atoms with E-state index in [-0.39, 0.29) is 17.9 Å². The van der Waals surface area contributed by atoms with Gasteiger partial charge in [0, 0.05) is 25.5 Å². The van der Waals surface area contributed by atoms with E-state index in [1.54, 1.807) is 17.0 Å². The number of aliphatic carboxylic acids is 1. The van der Waals surface area contributed by atoms with Gasteiger partial charge in [-0.3, -0.25) is 9.59 Å². The molecule has 0 radical (unpaired) electrons. The molecule has 2 rings (SSSR count). The Morgan fingerprint density at radius 3 is 2.75 bits per heavy atom. The lowest BCUT2D eigenvalue weighted by Gasteiger charge is -2.37. The number of hydrogen-bond donors (Lipinski definition) is 2. The molecule has 1 heterocycles. The lowest BCUT2D eigenvalue weighted by molar-refractivity contribution is -0.153. The number of hydrogen-bond acceptors (Lipinski definition) is 4. The normalized spacial score (nSPS) is 16.8. The zero-order valence-corrected chi connectivity index (χ0v) is 11.9. The zero-order chi connectivity index (χ0) is 14.8. The second kappa shape index (κ2) is 5.64. The lowest BCUT2D eigenvalue weighted by Crippen LogP contribution is -2.44. The molecule has 0 aromatic carbocycles. The lowest BCUT2D eigenvalue weighted by atomic mass is 9.69. The Labute approximate surface area is 117 Å². The van der Waals surface area contributed by atoms with E-state index in [1.165, 1.54) is 0 Å². The maximum atomic E-state index is 12.2. The minimum Gasteiger partial charge on any atom is -0.481 e. The molecule has 2 N–H and O–H groups in total. The third kappa shape index (κ3) is 2.84. The van der Waals surface area contributed by atoms with Crippen LogP contribution in [0.15, 0.2) is 17.2 Å². The maximum Gasteiger partial charge on any atom is 0.311 e. The molecule has 0 saturated heterocycles. The van der Waals surface area contributed by atoms with Crippen molar-refractivity contribution >= 4 is 11.8 Å². The Balaban J connectivity index is 2.10. The molecule has 0 spiro atoms. The van der Waals surface area contributed by atoms with Gasteiger partial charge in [-0.15, -0.1) is 0 Å². The molecule has 1 aliphatic carbocycles. The van der Waals surface area contributed by atoms with Gasteiger partial charge in [0.05, 0.1) is 5.41 Å². The SMILES string of the molecule is CC(C)Cn1ccnc(NCC2(C(=O)O)CCC2)c1=O. The average molecular weight is 279 g/mol. The standard InChI is InChI=1S/C14H21N3O3/c1-10(2)8-17-7-6-15-11(12(17)18)16-9-14(13(19)20)4-3-5-14/h6-7,10H,3-5,8-9H2,1-2H3,(H,15,16)(H,19,20). The quantitative estimate of drug-likeness (QED) is 0.825. The van der Waals surface area contributed by atoms with E-state index in [9.17, 15) is 14.7 Å². The largest absolute Gasteiger partial charge is 0.481 e. The van der Waals surface area contributed by atoms with Crippen LogP contribution in [0.4, 0.5) is 5.82 Å². The van der Waals surface area contributed by atoms with E-state index in [1.807, 2.05) is 13.8 Å². The molecule has 20 heavy (non-hydrogen) atoms. The van der Waals surface area contributed by atoms with Gasteiger partial charge in [0.1, 0.15) is 0 Å². The summed E-state index contributed by atoms with van der Waals surface area (Å²) in [4.78, 5) is 27.5. The van der Waals surface area contributed by atoms with Crippen molar-refractivity contribution in [1.82, 2.24) is 9.55 Å². The third-order valence-electron chi connectivity index (χ3n) is 3.83. The first-order valence-corrected chi connectivity index (χ1v) is 6.97. The van der Waals surface area contributed by atoms with Gasteiger partial charge in [0.15, 0.2) is 5.82 Å². The van der Waals surface area contributed by atoms with Crippen LogP contribution < -0.4 is 10.9 Å². The second-order valence-corrected chi connectivity index (χ2v) is 5.92. The summed E-state index contributed by atoms with van der Waals surface area (Å²) in [6.45, 7) is 4.96. The van der Waals surface area contributed by atoms with Crippen LogP contribution in [0.1, 0.15) is 33.1 Å². The van der Waals surface area contributed by atoms with Crippen LogP contribution in [0.25, 0.3) is 0 Å². The van der Waals surface area contributed by atoms with E-state index in [4.69, 9.17) is 0 Å². The van der Waals surface area contributed by atoms with E-state index in [0.717, 1.165) is 6.42 Å². The summed E-state index contributed by atoms with van der Waals surface area (Å²) >= 11 is 0. The van der Waals surface area contributed by atoms with E-state index in [2.05, 4.69) is 10.3 Å². The van der Waals surface area contributed by atoms with Crippen LogP contribution in [0.3, 0.4) is 0 Å². The van der Waals surface area contributed by atoms with Crippen LogP contribution in [0, 0.1) is 11.3 Å². The first kappa shape index (κ1) is 14.6. The Morgan fingerprint density at radius 1 is 1.55 bits per heavy atom. The highest BCUT2D eigenvalue weighted by atomic mass is 16.4. The Bertz CT molecular complexity index is 547. The van der Waals surface area contributed by atoms with Crippen molar-refractivity contribution in [3.05, 3.63) is 22.7 Å². The molecular weight excluding hydrogens is 258 g/mol. The van der Waals surface area contributed by atoms with E-state index in [0.29, 0.717) is 25.3 Å². The van der Waals surface area contributed by atoms with Crippen LogP contribution in [0.2, 0.25) is 0 Å². The van der Waals surface area contributed by atoms with Gasteiger partial charge in [-0.25, -0.2) is 4.98 Å². The highest BCUT2D eigenvalue weighted by Crippen LogP contribution is 2.40. The summed E-state index contributed by atoms with van der Waals surface area (Å²) in [6, 6.07) is 0. The molecule has 1 aromatic rings. The molecular formula is C14H21N3O3. The fourth-order valence-corrected chi connectivity index (χ4v) is 2.43. The average Bonchev–Trinajstić information content (AvgIpc) is 2.31. The highest BCUT2D eigenvalue weighted by molar-refractivity contribution is 5.76. The maximum absolute atomic E-state index is 12.2. The number of carbonyl (C=O) groups is 1. The predicted octanol–water partition coefficient (Wildman–Crippen LogP) is 1.57. The molecule has 110 valence electrons. The molecule has 0 amide bonds. The Morgan fingerprint density at radius 2 is 2.25 bits per heavy atom. The monoisotopic (exact) mass is 279 g/mol. The molecule has 1 saturated carbocycles. The fourth-order valence-electron chi connectivity index (χ4n) is 2.43. The molecule has 0 unspecified atom stereocenters. The number of anilines is 1. The topological polar surface area (TPSA) is 84.2 Å². The van der Waals surface area contributed by atoms with Crippen molar-refractivity contribution in [3.8, 4) is 0 Å². The van der Waals surface area contributed by atoms with Gasteiger partial charge in [0.25, 0.3) is 5.56 Å². The van der Waals surface area contributed by atoms with E-state index >= 15 is 0 Å². The van der Waals surface area contributed by atoms with Crippen LogP contribution in [-0.4, -0.2) is 27.2 Å². The Hall–Kier alpha value is -1.85. The molecule has 6 heteroatoms. The minimum atomic E-state index is -0.797. The second-order valence-electron chi connectivity index (χ2n) is 5.92. The van der Waals surface area contributed by atoms with Crippen molar-refractivity contribution in [2.24, 2.45) is 11.3 Å². The van der Waals surface area contributed by atoms with Gasteiger partial charge in [0.2, 0.25) is 0 Å². The number of rotatable bonds is 6. The molecule has 0 aliphatic heterocycles. The first-order chi connectivity index (χ1) is 9.44. The molecule has 6 nitrogen and oxygen atoms in total. The molecule has 1 fully saturated rings. The van der Waals surface area contributed by atoms with Gasteiger partial charge in [-0.1, -0.05) is 20.3 Å². The van der Waals surface area contributed by atoms with E-state index < -0.39 is 11.4 Å². The Kier molecular flexibility index (Phi) is 4.11. The fraction of sp³-hybridized carbons (Fsp3) is 0.643. The number of nitrogens with zero attached hydrogens (tertiary/aromatic N) is 2. The first-order valence-electron chi connectivity index (χ1n) is 6.97. The molecule has 0 bridgehead atoms. The number of nitrogens with one attached hydrogen (secondary N) is 1. The summed E-state index contributed by atoms with van der Waals surface area (Å²) in [5.41, 5.74) is -0.923. The van der Waals surface area contributed by atoms with Gasteiger partial charge >= 0.3 is 5.97 Å². The zero-order valence-electron chi connectivity index (χ0n) is 11.9. The summed E-state index contributed by atoms with van der Waals surface area (Å²) in [7, 11) is 0. The van der Waals surface area contributed by atoms with Crippen LogP contribution in [-0.2, 0) is 11.3 Å². The summed E-state index contributed by atoms with van der Waals surface area (Å²) in [5, 5.41) is 12.2. The number of aromatic nitrogens is 2. The van der Waals surface area contributed by atoms with Crippen molar-refractivity contribution in [2.75, 3.05) is 11.9 Å². The molecule has 0 atom stereocenters.